The Morgan fingerprint density at radius 2 is 2.00 bits per heavy atom. The van der Waals surface area contributed by atoms with Crippen molar-refractivity contribution in [2.24, 2.45) is 0 Å². The molecule has 5 rings (SSSR count). The molecular formula is C24H24ClF3N2O5S. The monoisotopic (exact) mass is 544 g/mol. The first-order chi connectivity index (χ1) is 16.9. The molecule has 0 spiro atoms. The average molecular weight is 545 g/mol. The van der Waals surface area contributed by atoms with Gasteiger partial charge in [-0.1, -0.05) is 17.7 Å². The number of hydrogen-bond donors (Lipinski definition) is 0. The van der Waals surface area contributed by atoms with Gasteiger partial charge in [-0.3, -0.25) is 9.69 Å². The Morgan fingerprint density at radius 1 is 1.25 bits per heavy atom. The zero-order valence-corrected chi connectivity index (χ0v) is 21.0. The number of nitrogens with zero attached hydrogens (tertiary/aromatic N) is 2. The van der Waals surface area contributed by atoms with Crippen LogP contribution in [0.25, 0.3) is 0 Å². The summed E-state index contributed by atoms with van der Waals surface area (Å²) in [6.07, 6.45) is -5.08. The summed E-state index contributed by atoms with van der Waals surface area (Å²) in [6.45, 7) is 2.27. The second-order valence-electron chi connectivity index (χ2n) is 9.44. The Morgan fingerprint density at radius 3 is 2.58 bits per heavy atom. The fraction of sp³-hybridized carbons (Fsp3) is 0.458. The standard InChI is InChI=1S/C24H24ClF3N2O5S/c1-13(24(26,27)28)35-21-8-20(22(36(2,32)33)6-15(21)11-31)30-9-14-5-16(25)3-4-19(14)23(30)29-10-18-7-17(29)12-34-18/h3-6,8,11,13,17-18,23H,7,9-10,12H2,1-2H3/t13-,17-,18-,23-/m0/s1. The first kappa shape index (κ1) is 25.3. The molecule has 12 heteroatoms. The average Bonchev–Trinajstić information content (AvgIpc) is 3.50. The van der Waals surface area contributed by atoms with Crippen LogP contribution in [-0.2, 0) is 21.1 Å². The number of alkyl halides is 3. The van der Waals surface area contributed by atoms with Crippen molar-refractivity contribution < 1.29 is 35.9 Å². The molecule has 0 unspecified atom stereocenters. The zero-order valence-electron chi connectivity index (χ0n) is 19.5. The number of morpholine rings is 1. The molecule has 0 radical (unpaired) electrons. The molecule has 0 N–H and O–H groups in total. The van der Waals surface area contributed by atoms with Gasteiger partial charge in [0.1, 0.15) is 11.9 Å². The van der Waals surface area contributed by atoms with E-state index in [1.54, 1.807) is 12.1 Å². The van der Waals surface area contributed by atoms with E-state index in [9.17, 15) is 26.4 Å². The Balaban J connectivity index is 1.66. The fourth-order valence-corrected chi connectivity index (χ4v) is 6.33. The Hall–Kier alpha value is -2.34. The van der Waals surface area contributed by atoms with Crippen LogP contribution in [0.1, 0.15) is 41.0 Å². The zero-order chi connectivity index (χ0) is 26.0. The van der Waals surface area contributed by atoms with E-state index in [0.717, 1.165) is 36.8 Å². The Labute approximate surface area is 211 Å². The smallest absolute Gasteiger partial charge is 0.425 e. The number of halogens is 4. The summed E-state index contributed by atoms with van der Waals surface area (Å²) in [5, 5.41) is 0.517. The van der Waals surface area contributed by atoms with Gasteiger partial charge in [0.2, 0.25) is 0 Å². The van der Waals surface area contributed by atoms with E-state index in [4.69, 9.17) is 21.1 Å². The second-order valence-corrected chi connectivity index (χ2v) is 11.9. The predicted molar refractivity (Wildman–Crippen MR) is 126 cm³/mol. The van der Waals surface area contributed by atoms with Crippen molar-refractivity contribution in [3.8, 4) is 5.75 Å². The van der Waals surface area contributed by atoms with Crippen molar-refractivity contribution in [3.05, 3.63) is 52.0 Å². The van der Waals surface area contributed by atoms with E-state index in [0.29, 0.717) is 24.5 Å². The van der Waals surface area contributed by atoms with Crippen molar-refractivity contribution in [2.45, 2.75) is 55.4 Å². The molecule has 3 heterocycles. The van der Waals surface area contributed by atoms with Crippen molar-refractivity contribution in [1.29, 1.82) is 0 Å². The van der Waals surface area contributed by atoms with Gasteiger partial charge in [0.15, 0.2) is 22.2 Å². The molecule has 2 bridgehead atoms. The Bertz CT molecular complexity index is 1320. The number of carbonyl (C=O) groups is 1. The van der Waals surface area contributed by atoms with E-state index in [2.05, 4.69) is 4.90 Å². The van der Waals surface area contributed by atoms with Crippen LogP contribution in [0.4, 0.5) is 18.9 Å². The van der Waals surface area contributed by atoms with Gasteiger partial charge in [-0.25, -0.2) is 8.42 Å². The summed E-state index contributed by atoms with van der Waals surface area (Å²) in [7, 11) is -3.88. The molecule has 0 aliphatic carbocycles. The van der Waals surface area contributed by atoms with E-state index in [1.165, 1.54) is 6.07 Å². The number of anilines is 1. The minimum absolute atomic E-state index is 0.0616. The number of benzene rings is 2. The van der Waals surface area contributed by atoms with Crippen LogP contribution in [0.2, 0.25) is 5.02 Å². The van der Waals surface area contributed by atoms with Gasteiger partial charge >= 0.3 is 6.18 Å². The maximum Gasteiger partial charge on any atom is 0.425 e. The summed E-state index contributed by atoms with van der Waals surface area (Å²) >= 11 is 6.24. The van der Waals surface area contributed by atoms with Gasteiger partial charge in [-0.15, -0.1) is 0 Å². The van der Waals surface area contributed by atoms with E-state index >= 15 is 0 Å². The van der Waals surface area contributed by atoms with E-state index < -0.39 is 28.3 Å². The number of carbonyl (C=O) groups excluding carboxylic acids is 1. The van der Waals surface area contributed by atoms with E-state index in [-0.39, 0.29) is 40.6 Å². The highest BCUT2D eigenvalue weighted by atomic mass is 35.5. The predicted octanol–water partition coefficient (Wildman–Crippen LogP) is 4.38. The molecule has 0 amide bonds. The molecule has 0 saturated carbocycles. The van der Waals surface area contributed by atoms with E-state index in [1.807, 2.05) is 11.0 Å². The van der Waals surface area contributed by atoms with Crippen molar-refractivity contribution >= 4 is 33.4 Å². The molecule has 194 valence electrons. The number of hydrogen-bond acceptors (Lipinski definition) is 7. The maximum absolute atomic E-state index is 13.3. The van der Waals surface area contributed by atoms with Crippen molar-refractivity contribution in [3.63, 3.8) is 0 Å². The van der Waals surface area contributed by atoms with Gasteiger partial charge in [0.05, 0.1) is 28.9 Å². The third-order valence-corrected chi connectivity index (χ3v) is 8.33. The lowest BCUT2D eigenvalue weighted by molar-refractivity contribution is -0.189. The number of aldehydes is 1. The molecular weight excluding hydrogens is 521 g/mol. The highest BCUT2D eigenvalue weighted by Crippen LogP contribution is 2.47. The minimum Gasteiger partial charge on any atom is -0.480 e. The molecule has 3 aliphatic rings. The van der Waals surface area contributed by atoms with Crippen molar-refractivity contribution in [2.75, 3.05) is 24.3 Å². The molecule has 36 heavy (non-hydrogen) atoms. The number of likely N-dealkylation sites (tertiary alicyclic amines) is 1. The molecule has 4 atom stereocenters. The highest BCUT2D eigenvalue weighted by molar-refractivity contribution is 7.90. The lowest BCUT2D eigenvalue weighted by Crippen LogP contribution is -2.45. The van der Waals surface area contributed by atoms with Crippen LogP contribution in [0.3, 0.4) is 0 Å². The summed E-state index contributed by atoms with van der Waals surface area (Å²) in [5.74, 6) is -0.337. The van der Waals surface area contributed by atoms with Crippen LogP contribution in [0.15, 0.2) is 35.2 Å². The summed E-state index contributed by atoms with van der Waals surface area (Å²) in [5.41, 5.74) is 1.69. The fourth-order valence-electron chi connectivity index (χ4n) is 5.24. The molecule has 2 aromatic carbocycles. The van der Waals surface area contributed by atoms with Crippen LogP contribution >= 0.6 is 11.6 Å². The molecule has 2 aromatic rings. The molecule has 7 nitrogen and oxygen atoms in total. The summed E-state index contributed by atoms with van der Waals surface area (Å²) in [4.78, 5) is 15.6. The van der Waals surface area contributed by atoms with Crippen LogP contribution in [-0.4, -0.2) is 63.4 Å². The summed E-state index contributed by atoms with van der Waals surface area (Å²) in [6, 6.07) is 7.88. The Kier molecular flexibility index (Phi) is 6.26. The van der Waals surface area contributed by atoms with Crippen LogP contribution < -0.4 is 9.64 Å². The largest absolute Gasteiger partial charge is 0.480 e. The molecule has 2 saturated heterocycles. The quantitative estimate of drug-likeness (QED) is 0.500. The second kappa shape index (κ2) is 8.90. The van der Waals surface area contributed by atoms with Gasteiger partial charge in [0, 0.05) is 36.5 Å². The first-order valence-electron chi connectivity index (χ1n) is 11.4. The van der Waals surface area contributed by atoms with Crippen LogP contribution in [0.5, 0.6) is 5.75 Å². The maximum atomic E-state index is 13.3. The van der Waals surface area contributed by atoms with Crippen molar-refractivity contribution in [1.82, 2.24) is 4.90 Å². The molecule has 3 aliphatic heterocycles. The topological polar surface area (TPSA) is 76.2 Å². The SMILES string of the molecule is C[C@H](Oc1cc(N2Cc3cc(Cl)ccc3[C@H]2N2C[C@@H]3C[C@H]2CO3)c(S(C)(=O)=O)cc1C=O)C(F)(F)F. The van der Waals surface area contributed by atoms with Crippen LogP contribution in [0, 0.1) is 0 Å². The summed E-state index contributed by atoms with van der Waals surface area (Å²) < 4.78 is 76.3. The normalized spacial score (nSPS) is 24.7. The number of rotatable bonds is 6. The third kappa shape index (κ3) is 4.46. The number of fused-ring (bicyclic) bond motifs is 3. The van der Waals surface area contributed by atoms with Gasteiger partial charge in [-0.2, -0.15) is 13.2 Å². The first-order valence-corrected chi connectivity index (χ1v) is 13.6. The van der Waals surface area contributed by atoms with Gasteiger partial charge < -0.3 is 14.4 Å². The minimum atomic E-state index is -4.67. The van der Waals surface area contributed by atoms with Gasteiger partial charge in [0.25, 0.3) is 0 Å². The molecule has 0 aromatic heterocycles. The third-order valence-electron chi connectivity index (χ3n) is 6.97. The lowest BCUT2D eigenvalue weighted by Gasteiger charge is -2.39. The van der Waals surface area contributed by atoms with Gasteiger partial charge in [-0.05, 0) is 42.7 Å². The number of sulfone groups is 1. The highest BCUT2D eigenvalue weighted by Gasteiger charge is 2.47. The number of ether oxygens (including phenoxy) is 2. The molecule has 2 fully saturated rings. The lowest BCUT2D eigenvalue weighted by atomic mass is 10.1.